The highest BCUT2D eigenvalue weighted by atomic mass is 19.1. The highest BCUT2D eigenvalue weighted by Gasteiger charge is 2.19. The molecule has 0 spiro atoms. The zero-order valence-corrected chi connectivity index (χ0v) is 17.5. The number of aryl methyl sites for hydroxylation is 3. The number of carboxylic acid groups (broad SMARTS) is 1. The Bertz CT molecular complexity index is 1120. The Morgan fingerprint density at radius 2 is 1.87 bits per heavy atom. The number of carbonyl (C=O) groups is 1. The molecule has 31 heavy (non-hydrogen) atoms. The molecule has 2 aromatic carbocycles. The number of aromatic nitrogens is 2. The first-order valence-electron chi connectivity index (χ1n) is 10.3. The van der Waals surface area contributed by atoms with E-state index in [0.717, 1.165) is 42.8 Å². The van der Waals surface area contributed by atoms with Crippen LogP contribution in [0.15, 0.2) is 36.4 Å². The van der Waals surface area contributed by atoms with Crippen molar-refractivity contribution >= 4 is 5.97 Å². The lowest BCUT2D eigenvalue weighted by Crippen LogP contribution is -2.13. The van der Waals surface area contributed by atoms with E-state index in [1.165, 1.54) is 18.1 Å². The van der Waals surface area contributed by atoms with E-state index in [2.05, 4.69) is 17.2 Å². The van der Waals surface area contributed by atoms with Crippen LogP contribution in [0, 0.1) is 24.5 Å². The van der Waals surface area contributed by atoms with Crippen LogP contribution >= 0.6 is 0 Å². The Morgan fingerprint density at radius 1 is 1.16 bits per heavy atom. The predicted molar refractivity (Wildman–Crippen MR) is 112 cm³/mol. The number of fused-ring (bicyclic) bond motifs is 1. The van der Waals surface area contributed by atoms with E-state index in [1.807, 2.05) is 19.1 Å². The Morgan fingerprint density at radius 3 is 2.58 bits per heavy atom. The number of benzene rings is 2. The summed E-state index contributed by atoms with van der Waals surface area (Å²) >= 11 is 0. The van der Waals surface area contributed by atoms with Crippen molar-refractivity contribution in [3.8, 4) is 11.4 Å². The van der Waals surface area contributed by atoms with E-state index in [4.69, 9.17) is 9.84 Å². The highest BCUT2D eigenvalue weighted by molar-refractivity contribution is 5.69. The van der Waals surface area contributed by atoms with Gasteiger partial charge in [0, 0.05) is 0 Å². The van der Waals surface area contributed by atoms with Gasteiger partial charge in [-0.1, -0.05) is 13.0 Å². The summed E-state index contributed by atoms with van der Waals surface area (Å²) in [5.74, 6) is -3.95. The molecule has 5 nitrogen and oxygen atoms in total. The predicted octanol–water partition coefficient (Wildman–Crippen LogP) is 4.79. The van der Waals surface area contributed by atoms with Crippen LogP contribution in [0.1, 0.15) is 41.4 Å². The zero-order valence-electron chi connectivity index (χ0n) is 17.5. The minimum absolute atomic E-state index is 0.0355. The second-order valence-corrected chi connectivity index (χ2v) is 8.12. The van der Waals surface area contributed by atoms with Gasteiger partial charge >= 0.3 is 5.97 Å². The Labute approximate surface area is 179 Å². The maximum Gasteiger partial charge on any atom is 0.306 e. The zero-order chi connectivity index (χ0) is 22.1. The van der Waals surface area contributed by atoms with Gasteiger partial charge in [0.25, 0.3) is 0 Å². The number of carboxylic acids is 1. The molecule has 1 N–H and O–H groups in total. The van der Waals surface area contributed by atoms with Gasteiger partial charge < -0.3 is 9.84 Å². The molecule has 7 heteroatoms. The number of hydrogen-bond acceptors (Lipinski definition) is 3. The van der Waals surface area contributed by atoms with Crippen molar-refractivity contribution in [2.24, 2.45) is 5.92 Å². The molecule has 4 rings (SSSR count). The first-order chi connectivity index (χ1) is 14.8. The SMILES string of the molecule is Cc1cc(COc2c(F)cc(CC(C)C(=O)O)cc2F)n(-c2ccc3c(c2)CCC3)n1. The van der Waals surface area contributed by atoms with Gasteiger partial charge in [-0.25, -0.2) is 13.5 Å². The molecule has 1 heterocycles. The molecule has 0 amide bonds. The van der Waals surface area contributed by atoms with E-state index >= 15 is 0 Å². The number of halogens is 2. The van der Waals surface area contributed by atoms with E-state index in [0.29, 0.717) is 5.69 Å². The average molecular weight is 426 g/mol. The fraction of sp³-hybridized carbons (Fsp3) is 0.333. The molecular formula is C24H24F2N2O3. The van der Waals surface area contributed by atoms with Crippen LogP contribution < -0.4 is 4.74 Å². The summed E-state index contributed by atoms with van der Waals surface area (Å²) in [7, 11) is 0. The number of nitrogens with zero attached hydrogens (tertiary/aromatic N) is 2. The average Bonchev–Trinajstić information content (AvgIpc) is 3.32. The molecule has 1 unspecified atom stereocenters. The van der Waals surface area contributed by atoms with Crippen molar-refractivity contribution in [1.29, 1.82) is 0 Å². The molecule has 0 saturated carbocycles. The number of hydrogen-bond donors (Lipinski definition) is 1. The smallest absolute Gasteiger partial charge is 0.306 e. The summed E-state index contributed by atoms with van der Waals surface area (Å²) in [6, 6.07) is 10.3. The van der Waals surface area contributed by atoms with Crippen LogP contribution in [0.3, 0.4) is 0 Å². The molecule has 0 bridgehead atoms. The molecule has 1 aromatic heterocycles. The summed E-state index contributed by atoms with van der Waals surface area (Å²) in [4.78, 5) is 11.0. The Hall–Kier alpha value is -3.22. The largest absolute Gasteiger partial charge is 0.481 e. The van der Waals surface area contributed by atoms with Gasteiger partial charge in [0.2, 0.25) is 0 Å². The highest BCUT2D eigenvalue weighted by Crippen LogP contribution is 2.28. The minimum atomic E-state index is -1.02. The maximum absolute atomic E-state index is 14.5. The van der Waals surface area contributed by atoms with Gasteiger partial charge in [-0.2, -0.15) is 5.10 Å². The van der Waals surface area contributed by atoms with Gasteiger partial charge in [-0.05, 0) is 79.6 Å². The second-order valence-electron chi connectivity index (χ2n) is 8.12. The van der Waals surface area contributed by atoms with E-state index in [9.17, 15) is 13.6 Å². The molecule has 1 aliphatic rings. The van der Waals surface area contributed by atoms with Crippen molar-refractivity contribution in [3.05, 3.63) is 76.1 Å². The molecule has 162 valence electrons. The Kier molecular flexibility index (Phi) is 5.76. The first-order valence-corrected chi connectivity index (χ1v) is 10.3. The third-order valence-electron chi connectivity index (χ3n) is 5.62. The van der Waals surface area contributed by atoms with Crippen molar-refractivity contribution in [2.45, 2.75) is 46.1 Å². The standard InChI is InChI=1S/C24H24F2N2O3/c1-14(24(29)30)8-16-10-21(25)23(22(26)11-16)31-13-20-9-15(2)27-28(20)19-7-6-17-4-3-5-18(17)12-19/h6-7,9-12,14H,3-5,8,13H2,1-2H3,(H,29,30). The molecule has 0 aliphatic heterocycles. The fourth-order valence-electron chi connectivity index (χ4n) is 4.02. The summed E-state index contributed by atoms with van der Waals surface area (Å²) in [5, 5.41) is 13.5. The minimum Gasteiger partial charge on any atom is -0.481 e. The van der Waals surface area contributed by atoms with Crippen molar-refractivity contribution in [1.82, 2.24) is 9.78 Å². The third kappa shape index (κ3) is 4.45. The lowest BCUT2D eigenvalue weighted by molar-refractivity contribution is -0.141. The monoisotopic (exact) mass is 426 g/mol. The van der Waals surface area contributed by atoms with Crippen LogP contribution in [0.5, 0.6) is 5.75 Å². The van der Waals surface area contributed by atoms with Crippen LogP contribution in [0.4, 0.5) is 8.78 Å². The fourth-order valence-corrected chi connectivity index (χ4v) is 4.02. The van der Waals surface area contributed by atoms with Crippen molar-refractivity contribution in [2.75, 3.05) is 0 Å². The van der Waals surface area contributed by atoms with Gasteiger partial charge in [0.15, 0.2) is 17.4 Å². The van der Waals surface area contributed by atoms with Crippen LogP contribution in [-0.2, 0) is 30.7 Å². The normalized spacial score (nSPS) is 13.8. The summed E-state index contributed by atoms with van der Waals surface area (Å²) < 4.78 is 36.3. The van der Waals surface area contributed by atoms with E-state index in [-0.39, 0.29) is 18.6 Å². The lowest BCUT2D eigenvalue weighted by atomic mass is 10.0. The maximum atomic E-state index is 14.5. The summed E-state index contributed by atoms with van der Waals surface area (Å²) in [6.07, 6.45) is 3.31. The number of rotatable bonds is 7. The van der Waals surface area contributed by atoms with Gasteiger partial charge in [0.1, 0.15) is 6.61 Å². The summed E-state index contributed by atoms with van der Waals surface area (Å²) in [5.41, 5.74) is 5.28. The van der Waals surface area contributed by atoms with Crippen LogP contribution in [0.2, 0.25) is 0 Å². The Balaban J connectivity index is 1.54. The molecular weight excluding hydrogens is 402 g/mol. The molecule has 1 atom stereocenters. The van der Waals surface area contributed by atoms with Crippen molar-refractivity contribution < 1.29 is 23.4 Å². The van der Waals surface area contributed by atoms with Gasteiger partial charge in [-0.3, -0.25) is 4.79 Å². The quantitative estimate of drug-likeness (QED) is 0.590. The first kappa shape index (κ1) is 21.0. The van der Waals surface area contributed by atoms with Crippen molar-refractivity contribution in [3.63, 3.8) is 0 Å². The van der Waals surface area contributed by atoms with Crippen LogP contribution in [-0.4, -0.2) is 20.9 Å². The molecule has 0 radical (unpaired) electrons. The second kappa shape index (κ2) is 8.49. The lowest BCUT2D eigenvalue weighted by Gasteiger charge is -2.13. The summed E-state index contributed by atoms with van der Waals surface area (Å²) in [6.45, 7) is 3.29. The number of ether oxygens (including phenoxy) is 1. The van der Waals surface area contributed by atoms with Crippen LogP contribution in [0.25, 0.3) is 5.69 Å². The van der Waals surface area contributed by atoms with Gasteiger partial charge in [0.05, 0.1) is 23.0 Å². The molecule has 0 saturated heterocycles. The topological polar surface area (TPSA) is 64.3 Å². The van der Waals surface area contributed by atoms with Gasteiger partial charge in [-0.15, -0.1) is 0 Å². The molecule has 1 aliphatic carbocycles. The number of aliphatic carboxylic acids is 1. The van der Waals surface area contributed by atoms with E-state index in [1.54, 1.807) is 4.68 Å². The van der Waals surface area contributed by atoms with E-state index < -0.39 is 29.3 Å². The molecule has 0 fully saturated rings. The third-order valence-corrected chi connectivity index (χ3v) is 5.62. The molecule has 3 aromatic rings.